The van der Waals surface area contributed by atoms with Crippen molar-refractivity contribution in [2.45, 2.75) is 31.7 Å². The molecule has 0 radical (unpaired) electrons. The molecule has 0 unspecified atom stereocenters. The molecular formula is C13H20N2O4S. The highest BCUT2D eigenvalue weighted by Crippen LogP contribution is 2.19. The number of carboxylic acid groups (broad SMARTS) is 1. The third-order valence-corrected chi connectivity index (χ3v) is 4.52. The third-order valence-electron chi connectivity index (χ3n) is 2.76. The molecule has 112 valence electrons. The van der Waals surface area contributed by atoms with Crippen LogP contribution in [-0.2, 0) is 16.6 Å². The standard InChI is InChI=1S/C13H20N2O4S/c1-5-6-15-9-11(7-12(15)13(16)17)20(18,19)14(4)8-10(2)3/h7,9H,2,5-6,8H2,1,3-4H3,(H,16,17). The first-order valence-electron chi connectivity index (χ1n) is 6.24. The maximum absolute atomic E-state index is 12.3. The van der Waals surface area contributed by atoms with E-state index in [0.29, 0.717) is 12.1 Å². The van der Waals surface area contributed by atoms with Gasteiger partial charge < -0.3 is 9.67 Å². The molecule has 1 N–H and O–H groups in total. The van der Waals surface area contributed by atoms with Crippen molar-refractivity contribution in [3.63, 3.8) is 0 Å². The highest BCUT2D eigenvalue weighted by atomic mass is 32.2. The van der Waals surface area contributed by atoms with Gasteiger partial charge in [-0.05, 0) is 19.4 Å². The Balaban J connectivity index is 3.22. The summed E-state index contributed by atoms with van der Waals surface area (Å²) in [6.45, 7) is 7.96. The molecule has 0 aliphatic heterocycles. The van der Waals surface area contributed by atoms with Gasteiger partial charge in [0.1, 0.15) is 10.6 Å². The second-order valence-corrected chi connectivity index (χ2v) is 6.82. The van der Waals surface area contributed by atoms with Gasteiger partial charge in [0, 0.05) is 26.3 Å². The lowest BCUT2D eigenvalue weighted by atomic mass is 10.4. The Morgan fingerprint density at radius 3 is 2.55 bits per heavy atom. The molecule has 0 saturated carbocycles. The number of aryl methyl sites for hydroxylation is 1. The maximum atomic E-state index is 12.3. The molecule has 0 aliphatic rings. The van der Waals surface area contributed by atoms with Crippen molar-refractivity contribution < 1.29 is 18.3 Å². The van der Waals surface area contributed by atoms with Crippen LogP contribution in [0.2, 0.25) is 0 Å². The Hall–Kier alpha value is -1.60. The lowest BCUT2D eigenvalue weighted by Crippen LogP contribution is -2.28. The van der Waals surface area contributed by atoms with Crippen LogP contribution in [0, 0.1) is 0 Å². The molecule has 0 aliphatic carbocycles. The van der Waals surface area contributed by atoms with E-state index in [-0.39, 0.29) is 17.1 Å². The zero-order valence-electron chi connectivity index (χ0n) is 12.0. The highest BCUT2D eigenvalue weighted by Gasteiger charge is 2.25. The zero-order chi connectivity index (χ0) is 15.5. The van der Waals surface area contributed by atoms with E-state index in [2.05, 4.69) is 6.58 Å². The largest absolute Gasteiger partial charge is 0.477 e. The van der Waals surface area contributed by atoms with E-state index in [1.807, 2.05) is 6.92 Å². The van der Waals surface area contributed by atoms with Gasteiger partial charge in [0.25, 0.3) is 0 Å². The summed E-state index contributed by atoms with van der Waals surface area (Å²) in [6.07, 6.45) is 2.09. The van der Waals surface area contributed by atoms with Gasteiger partial charge in [-0.1, -0.05) is 19.1 Å². The third kappa shape index (κ3) is 3.49. The lowest BCUT2D eigenvalue weighted by molar-refractivity contribution is 0.0685. The van der Waals surface area contributed by atoms with Gasteiger partial charge in [0.15, 0.2) is 0 Å². The molecule has 1 aromatic heterocycles. The summed E-state index contributed by atoms with van der Waals surface area (Å²) >= 11 is 0. The molecule has 1 rings (SSSR count). The fraction of sp³-hybridized carbons (Fsp3) is 0.462. The van der Waals surface area contributed by atoms with Crippen LogP contribution in [-0.4, -0.2) is 42.0 Å². The van der Waals surface area contributed by atoms with Crippen molar-refractivity contribution in [2.75, 3.05) is 13.6 Å². The molecule has 0 bridgehead atoms. The smallest absolute Gasteiger partial charge is 0.352 e. The maximum Gasteiger partial charge on any atom is 0.352 e. The van der Waals surface area contributed by atoms with Crippen LogP contribution in [0.3, 0.4) is 0 Å². The van der Waals surface area contributed by atoms with Crippen LogP contribution in [0.1, 0.15) is 30.8 Å². The number of aromatic nitrogens is 1. The van der Waals surface area contributed by atoms with E-state index in [4.69, 9.17) is 5.11 Å². The van der Waals surface area contributed by atoms with Crippen molar-refractivity contribution >= 4 is 16.0 Å². The minimum Gasteiger partial charge on any atom is -0.477 e. The second-order valence-electron chi connectivity index (χ2n) is 4.78. The number of hydrogen-bond acceptors (Lipinski definition) is 3. The van der Waals surface area contributed by atoms with Gasteiger partial charge in [0.05, 0.1) is 0 Å². The first kappa shape index (κ1) is 16.5. The molecule has 0 amide bonds. The van der Waals surface area contributed by atoms with E-state index in [1.165, 1.54) is 23.9 Å². The fourth-order valence-electron chi connectivity index (χ4n) is 1.87. The summed E-state index contributed by atoms with van der Waals surface area (Å²) < 4.78 is 27.3. The van der Waals surface area contributed by atoms with Gasteiger partial charge >= 0.3 is 5.97 Å². The number of aromatic carboxylic acids is 1. The average Bonchev–Trinajstić information content (AvgIpc) is 2.73. The minimum absolute atomic E-state index is 0.00731. The van der Waals surface area contributed by atoms with Crippen LogP contribution in [0.4, 0.5) is 0 Å². The van der Waals surface area contributed by atoms with Gasteiger partial charge in [-0.2, -0.15) is 4.31 Å². The van der Waals surface area contributed by atoms with Crippen LogP contribution in [0.15, 0.2) is 29.3 Å². The number of carboxylic acids is 1. The highest BCUT2D eigenvalue weighted by molar-refractivity contribution is 7.89. The SMILES string of the molecule is C=C(C)CN(C)S(=O)(=O)c1cc(C(=O)O)n(CCC)c1. The zero-order valence-corrected chi connectivity index (χ0v) is 12.8. The Morgan fingerprint density at radius 1 is 1.50 bits per heavy atom. The Labute approximate surface area is 119 Å². The van der Waals surface area contributed by atoms with Gasteiger partial charge in [-0.3, -0.25) is 0 Å². The monoisotopic (exact) mass is 300 g/mol. The van der Waals surface area contributed by atoms with Crippen LogP contribution < -0.4 is 0 Å². The molecule has 0 atom stereocenters. The molecule has 6 nitrogen and oxygen atoms in total. The average molecular weight is 300 g/mol. The number of nitrogens with zero attached hydrogens (tertiary/aromatic N) is 2. The summed E-state index contributed by atoms with van der Waals surface area (Å²) in [4.78, 5) is 11.1. The van der Waals surface area contributed by atoms with Gasteiger partial charge in [-0.25, -0.2) is 13.2 Å². The molecular weight excluding hydrogens is 280 g/mol. The molecule has 7 heteroatoms. The van der Waals surface area contributed by atoms with Crippen molar-refractivity contribution in [3.05, 3.63) is 30.1 Å². The van der Waals surface area contributed by atoms with Gasteiger partial charge in [0.2, 0.25) is 10.0 Å². The minimum atomic E-state index is -3.70. The van der Waals surface area contributed by atoms with Crippen LogP contribution in [0.25, 0.3) is 0 Å². The topological polar surface area (TPSA) is 79.6 Å². The van der Waals surface area contributed by atoms with Crippen molar-refractivity contribution in [2.24, 2.45) is 0 Å². The first-order valence-corrected chi connectivity index (χ1v) is 7.68. The predicted octanol–water partition coefficient (Wildman–Crippen LogP) is 1.79. The predicted molar refractivity (Wildman–Crippen MR) is 76.3 cm³/mol. The fourth-order valence-corrected chi connectivity index (χ4v) is 3.15. The van der Waals surface area contributed by atoms with E-state index < -0.39 is 16.0 Å². The molecule has 1 heterocycles. The number of rotatable bonds is 7. The molecule has 0 spiro atoms. The van der Waals surface area contributed by atoms with E-state index in [0.717, 1.165) is 10.7 Å². The van der Waals surface area contributed by atoms with Crippen LogP contribution >= 0.6 is 0 Å². The Morgan fingerprint density at radius 2 is 2.10 bits per heavy atom. The number of likely N-dealkylation sites (N-methyl/N-ethyl adjacent to an activating group) is 1. The summed E-state index contributed by atoms with van der Waals surface area (Å²) in [6, 6.07) is 1.20. The molecule has 20 heavy (non-hydrogen) atoms. The van der Waals surface area contributed by atoms with Crippen LogP contribution in [0.5, 0.6) is 0 Å². The number of hydrogen-bond donors (Lipinski definition) is 1. The normalized spacial score (nSPS) is 11.8. The molecule has 1 aromatic rings. The van der Waals surface area contributed by atoms with E-state index in [1.54, 1.807) is 6.92 Å². The Bertz CT molecular complexity index is 616. The first-order chi connectivity index (χ1) is 9.20. The Kier molecular flexibility index (Phi) is 5.13. The van der Waals surface area contributed by atoms with E-state index >= 15 is 0 Å². The van der Waals surface area contributed by atoms with Gasteiger partial charge in [-0.15, -0.1) is 0 Å². The summed E-state index contributed by atoms with van der Waals surface area (Å²) in [5, 5.41) is 9.11. The lowest BCUT2D eigenvalue weighted by Gasteiger charge is -2.15. The van der Waals surface area contributed by atoms with Crippen molar-refractivity contribution in [1.29, 1.82) is 0 Å². The summed E-state index contributed by atoms with van der Waals surface area (Å²) in [7, 11) is -2.25. The molecule has 0 fully saturated rings. The van der Waals surface area contributed by atoms with E-state index in [9.17, 15) is 13.2 Å². The van der Waals surface area contributed by atoms with Crippen molar-refractivity contribution in [3.8, 4) is 0 Å². The summed E-state index contributed by atoms with van der Waals surface area (Å²) in [5.74, 6) is -1.14. The number of carbonyl (C=O) groups is 1. The summed E-state index contributed by atoms with van der Waals surface area (Å²) in [5.41, 5.74) is 0.691. The number of sulfonamides is 1. The van der Waals surface area contributed by atoms with Crippen molar-refractivity contribution in [1.82, 2.24) is 8.87 Å². The second kappa shape index (κ2) is 6.23. The molecule has 0 aromatic carbocycles. The quantitative estimate of drug-likeness (QED) is 0.779. The molecule has 0 saturated heterocycles.